The highest BCUT2D eigenvalue weighted by molar-refractivity contribution is 6.33. The summed E-state index contributed by atoms with van der Waals surface area (Å²) in [6.07, 6.45) is 0.605. The molecular weight excluding hydrogens is 326 g/mol. The minimum atomic E-state index is -0.414. The fourth-order valence-electron chi connectivity index (χ4n) is 2.43. The van der Waals surface area contributed by atoms with Gasteiger partial charge >= 0.3 is 5.97 Å². The van der Waals surface area contributed by atoms with E-state index in [1.807, 2.05) is 50.2 Å². The van der Waals surface area contributed by atoms with Crippen LogP contribution in [-0.2, 0) is 14.3 Å². The molecule has 0 heterocycles. The van der Waals surface area contributed by atoms with E-state index in [1.54, 1.807) is 12.1 Å². The van der Waals surface area contributed by atoms with Gasteiger partial charge in [-0.25, -0.2) is 0 Å². The van der Waals surface area contributed by atoms with Crippen molar-refractivity contribution >= 4 is 29.2 Å². The number of nitrogens with one attached hydrogen (secondary N) is 1. The second-order valence-electron chi connectivity index (χ2n) is 5.46. The van der Waals surface area contributed by atoms with Gasteiger partial charge < -0.3 is 10.1 Å². The van der Waals surface area contributed by atoms with Crippen molar-refractivity contribution in [3.63, 3.8) is 0 Å². The highest BCUT2D eigenvalue weighted by atomic mass is 35.5. The molecule has 2 rings (SSSR count). The lowest BCUT2D eigenvalue weighted by molar-refractivity contribution is -0.149. The third kappa shape index (κ3) is 4.59. The van der Waals surface area contributed by atoms with E-state index in [1.165, 1.54) is 0 Å². The van der Waals surface area contributed by atoms with Crippen LogP contribution in [0.4, 0.5) is 5.69 Å². The van der Waals surface area contributed by atoms with Crippen LogP contribution < -0.4 is 5.32 Å². The van der Waals surface area contributed by atoms with E-state index in [9.17, 15) is 9.59 Å². The van der Waals surface area contributed by atoms with E-state index in [0.29, 0.717) is 17.1 Å². The van der Waals surface area contributed by atoms with Crippen LogP contribution in [0.1, 0.15) is 30.4 Å². The van der Waals surface area contributed by atoms with Gasteiger partial charge in [0.1, 0.15) is 0 Å². The maximum Gasteiger partial charge on any atom is 0.313 e. The third-order valence-electron chi connectivity index (χ3n) is 3.73. The van der Waals surface area contributed by atoms with Crippen molar-refractivity contribution in [3.8, 4) is 0 Å². The molecule has 0 radical (unpaired) electrons. The first kappa shape index (κ1) is 18.0. The second-order valence-corrected chi connectivity index (χ2v) is 5.87. The SMILES string of the molecule is CC[C@H](C(=O)OCC(=O)Nc1c(C)cccc1Cl)c1ccccc1. The van der Waals surface area contributed by atoms with Gasteiger partial charge in [-0.2, -0.15) is 0 Å². The average Bonchev–Trinajstić information content (AvgIpc) is 2.58. The maximum absolute atomic E-state index is 12.2. The Kier molecular flexibility index (Phi) is 6.38. The fourth-order valence-corrected chi connectivity index (χ4v) is 2.70. The largest absolute Gasteiger partial charge is 0.455 e. The summed E-state index contributed by atoms with van der Waals surface area (Å²) < 4.78 is 5.17. The number of esters is 1. The van der Waals surface area contributed by atoms with E-state index in [-0.39, 0.29) is 12.5 Å². The van der Waals surface area contributed by atoms with E-state index in [2.05, 4.69) is 5.32 Å². The Morgan fingerprint density at radius 2 is 1.83 bits per heavy atom. The van der Waals surface area contributed by atoms with Gasteiger partial charge in [0, 0.05) is 0 Å². The number of amides is 1. The molecule has 1 amide bonds. The Bertz CT molecular complexity index is 696. The molecule has 0 bridgehead atoms. The molecule has 0 aliphatic rings. The number of rotatable bonds is 6. The molecule has 24 heavy (non-hydrogen) atoms. The minimum absolute atomic E-state index is 0.340. The number of aryl methyl sites for hydroxylation is 1. The van der Waals surface area contributed by atoms with Crippen molar-refractivity contribution in [3.05, 3.63) is 64.7 Å². The van der Waals surface area contributed by atoms with Crippen LogP contribution in [0.3, 0.4) is 0 Å². The fraction of sp³-hybridized carbons (Fsp3) is 0.263. The Balaban J connectivity index is 1.94. The standard InChI is InChI=1S/C19H20ClNO3/c1-3-15(14-9-5-4-6-10-14)19(23)24-12-17(22)21-18-13(2)8-7-11-16(18)20/h4-11,15H,3,12H2,1-2H3,(H,21,22)/t15-/m0/s1. The zero-order valence-electron chi connectivity index (χ0n) is 13.7. The number of hydrogen-bond donors (Lipinski definition) is 1. The van der Waals surface area contributed by atoms with Gasteiger partial charge in [0.2, 0.25) is 0 Å². The number of hydrogen-bond acceptors (Lipinski definition) is 3. The molecule has 0 aromatic heterocycles. The smallest absolute Gasteiger partial charge is 0.313 e. The summed E-state index contributed by atoms with van der Waals surface area (Å²) in [5.41, 5.74) is 2.26. The molecule has 0 saturated heterocycles. The zero-order chi connectivity index (χ0) is 17.5. The summed E-state index contributed by atoms with van der Waals surface area (Å²) in [6, 6.07) is 14.7. The van der Waals surface area contributed by atoms with Gasteiger partial charge in [0.15, 0.2) is 6.61 Å². The van der Waals surface area contributed by atoms with Crippen LogP contribution in [0.25, 0.3) is 0 Å². The summed E-state index contributed by atoms with van der Waals surface area (Å²) in [5.74, 6) is -1.20. The highest BCUT2D eigenvalue weighted by Gasteiger charge is 2.21. The molecule has 5 heteroatoms. The van der Waals surface area contributed by atoms with E-state index in [4.69, 9.17) is 16.3 Å². The normalized spacial score (nSPS) is 11.6. The number of para-hydroxylation sites is 1. The quantitative estimate of drug-likeness (QED) is 0.793. The minimum Gasteiger partial charge on any atom is -0.455 e. The zero-order valence-corrected chi connectivity index (χ0v) is 14.5. The van der Waals surface area contributed by atoms with Gasteiger partial charge in [-0.1, -0.05) is 61.0 Å². The molecule has 0 aliphatic carbocycles. The lowest BCUT2D eigenvalue weighted by atomic mass is 9.97. The van der Waals surface area contributed by atoms with E-state index < -0.39 is 11.9 Å². The van der Waals surface area contributed by atoms with E-state index >= 15 is 0 Å². The third-order valence-corrected chi connectivity index (χ3v) is 4.04. The van der Waals surface area contributed by atoms with Gasteiger partial charge in [-0.15, -0.1) is 0 Å². The highest BCUT2D eigenvalue weighted by Crippen LogP contribution is 2.25. The Morgan fingerprint density at radius 3 is 2.46 bits per heavy atom. The Hall–Kier alpha value is -2.33. The van der Waals surface area contributed by atoms with Crippen LogP contribution >= 0.6 is 11.6 Å². The van der Waals surface area contributed by atoms with Crippen molar-refractivity contribution in [1.82, 2.24) is 0 Å². The molecule has 126 valence electrons. The number of benzene rings is 2. The topological polar surface area (TPSA) is 55.4 Å². The summed E-state index contributed by atoms with van der Waals surface area (Å²) in [4.78, 5) is 24.3. The molecule has 2 aromatic rings. The molecule has 1 atom stereocenters. The molecule has 0 saturated carbocycles. The van der Waals surface area contributed by atoms with Crippen molar-refractivity contribution < 1.29 is 14.3 Å². The summed E-state index contributed by atoms with van der Waals surface area (Å²) in [7, 11) is 0. The van der Waals surface area contributed by atoms with Gasteiger partial charge in [0.25, 0.3) is 5.91 Å². The predicted octanol–water partition coefficient (Wildman–Crippen LogP) is 4.32. The Morgan fingerprint density at radius 1 is 1.12 bits per heavy atom. The van der Waals surface area contributed by atoms with Crippen LogP contribution in [0, 0.1) is 6.92 Å². The first-order chi connectivity index (χ1) is 11.5. The van der Waals surface area contributed by atoms with Crippen molar-refractivity contribution in [2.24, 2.45) is 0 Å². The molecule has 4 nitrogen and oxygen atoms in total. The maximum atomic E-state index is 12.2. The first-order valence-corrected chi connectivity index (χ1v) is 8.17. The summed E-state index contributed by atoms with van der Waals surface area (Å²) >= 11 is 6.07. The van der Waals surface area contributed by atoms with Gasteiger partial charge in [0.05, 0.1) is 16.6 Å². The van der Waals surface area contributed by atoms with Crippen molar-refractivity contribution in [1.29, 1.82) is 0 Å². The van der Waals surface area contributed by atoms with Gasteiger partial charge in [-0.05, 0) is 30.5 Å². The molecule has 0 spiro atoms. The predicted molar refractivity (Wildman–Crippen MR) is 95.3 cm³/mol. The second kappa shape index (κ2) is 8.50. The molecule has 0 fully saturated rings. The number of ether oxygens (including phenoxy) is 1. The monoisotopic (exact) mass is 345 g/mol. The molecule has 0 unspecified atom stereocenters. The first-order valence-electron chi connectivity index (χ1n) is 7.79. The van der Waals surface area contributed by atoms with Crippen LogP contribution in [0.5, 0.6) is 0 Å². The molecule has 1 N–H and O–H groups in total. The molecule has 0 aliphatic heterocycles. The number of halogens is 1. The van der Waals surface area contributed by atoms with Crippen molar-refractivity contribution in [2.75, 3.05) is 11.9 Å². The van der Waals surface area contributed by atoms with Crippen LogP contribution in [-0.4, -0.2) is 18.5 Å². The lowest BCUT2D eigenvalue weighted by Crippen LogP contribution is -2.24. The lowest BCUT2D eigenvalue weighted by Gasteiger charge is -2.15. The van der Waals surface area contributed by atoms with Crippen molar-refractivity contribution in [2.45, 2.75) is 26.2 Å². The number of carbonyl (C=O) groups is 2. The number of anilines is 1. The van der Waals surface area contributed by atoms with Gasteiger partial charge in [-0.3, -0.25) is 9.59 Å². The average molecular weight is 346 g/mol. The summed E-state index contributed by atoms with van der Waals surface area (Å²) in [5, 5.41) is 3.13. The van der Waals surface area contributed by atoms with Crippen LogP contribution in [0.15, 0.2) is 48.5 Å². The molecule has 2 aromatic carbocycles. The Labute approximate surface area is 146 Å². The number of carbonyl (C=O) groups excluding carboxylic acids is 2. The summed E-state index contributed by atoms with van der Waals surface area (Å²) in [6.45, 7) is 3.41. The van der Waals surface area contributed by atoms with E-state index in [0.717, 1.165) is 11.1 Å². The molecular formula is C19H20ClNO3. The van der Waals surface area contributed by atoms with Crippen LogP contribution in [0.2, 0.25) is 5.02 Å².